The largest absolute Gasteiger partial charge is 0.494 e. The first-order chi connectivity index (χ1) is 10.9. The van der Waals surface area contributed by atoms with Gasteiger partial charge in [0.15, 0.2) is 0 Å². The van der Waals surface area contributed by atoms with E-state index in [9.17, 15) is 4.79 Å². The van der Waals surface area contributed by atoms with Gasteiger partial charge in [0, 0.05) is 11.6 Å². The minimum absolute atomic E-state index is 0.0278. The molecule has 1 fully saturated rings. The van der Waals surface area contributed by atoms with Crippen molar-refractivity contribution in [2.45, 2.75) is 65.8 Å². The van der Waals surface area contributed by atoms with E-state index in [-0.39, 0.29) is 11.9 Å². The van der Waals surface area contributed by atoms with Gasteiger partial charge in [0.25, 0.3) is 5.91 Å². The molecule has 1 amide bonds. The molecule has 0 aliphatic heterocycles. The zero-order valence-corrected chi connectivity index (χ0v) is 15.0. The van der Waals surface area contributed by atoms with Gasteiger partial charge in [0.05, 0.1) is 6.61 Å². The average molecular weight is 317 g/mol. The molecule has 0 radical (unpaired) electrons. The average Bonchev–Trinajstić information content (AvgIpc) is 2.46. The van der Waals surface area contributed by atoms with Crippen LogP contribution in [0.1, 0.15) is 70.2 Å². The third-order valence-corrected chi connectivity index (χ3v) is 4.61. The van der Waals surface area contributed by atoms with Gasteiger partial charge in [-0.2, -0.15) is 0 Å². The minimum atomic E-state index is 0.0278. The van der Waals surface area contributed by atoms with Gasteiger partial charge in [-0.15, -0.1) is 0 Å². The molecule has 1 aliphatic carbocycles. The van der Waals surface area contributed by atoms with Gasteiger partial charge in [-0.3, -0.25) is 4.79 Å². The third-order valence-electron chi connectivity index (χ3n) is 4.61. The monoisotopic (exact) mass is 317 g/mol. The minimum Gasteiger partial charge on any atom is -0.494 e. The van der Waals surface area contributed by atoms with Crippen LogP contribution in [0.2, 0.25) is 0 Å². The molecule has 0 spiro atoms. The summed E-state index contributed by atoms with van der Waals surface area (Å²) in [5, 5.41) is 3.21. The topological polar surface area (TPSA) is 38.3 Å². The van der Waals surface area contributed by atoms with Crippen LogP contribution in [0.5, 0.6) is 5.75 Å². The number of nitrogens with one attached hydrogen (secondary N) is 1. The number of rotatable bonds is 6. The van der Waals surface area contributed by atoms with Gasteiger partial charge in [0.1, 0.15) is 5.75 Å². The van der Waals surface area contributed by atoms with Crippen molar-refractivity contribution in [2.75, 3.05) is 6.61 Å². The second kappa shape index (κ2) is 7.85. The van der Waals surface area contributed by atoms with Crippen LogP contribution in [-0.2, 0) is 0 Å². The van der Waals surface area contributed by atoms with Crippen molar-refractivity contribution in [2.24, 2.45) is 11.3 Å². The maximum atomic E-state index is 12.5. The molecule has 1 aliphatic rings. The quantitative estimate of drug-likeness (QED) is 0.765. The molecular formula is C20H31NO2. The predicted molar refractivity (Wildman–Crippen MR) is 94.9 cm³/mol. The van der Waals surface area contributed by atoms with E-state index in [1.807, 2.05) is 24.3 Å². The number of hydrogen-bond acceptors (Lipinski definition) is 2. The first-order valence-corrected chi connectivity index (χ1v) is 8.93. The Morgan fingerprint density at radius 3 is 2.57 bits per heavy atom. The summed E-state index contributed by atoms with van der Waals surface area (Å²) in [5.74, 6) is 1.53. The normalized spacial score (nSPS) is 23.3. The highest BCUT2D eigenvalue weighted by molar-refractivity contribution is 5.94. The molecule has 2 rings (SSSR count). The highest BCUT2D eigenvalue weighted by Gasteiger charge is 2.32. The molecule has 128 valence electrons. The Balaban J connectivity index is 1.90. The molecule has 3 heteroatoms. The molecule has 0 bridgehead atoms. The standard InChI is InChI=1S/C20H31NO2/c1-5-6-11-23-18-9-7-16(8-10-18)19(22)21-17-12-15(2)13-20(3,4)14-17/h7-10,15,17H,5-6,11-14H2,1-4H3,(H,21,22). The Hall–Kier alpha value is -1.51. The van der Waals surface area contributed by atoms with Crippen molar-refractivity contribution < 1.29 is 9.53 Å². The maximum Gasteiger partial charge on any atom is 0.251 e. The second-order valence-corrected chi connectivity index (χ2v) is 7.81. The zero-order valence-electron chi connectivity index (χ0n) is 15.0. The van der Waals surface area contributed by atoms with E-state index in [1.165, 1.54) is 6.42 Å². The van der Waals surface area contributed by atoms with Crippen molar-refractivity contribution >= 4 is 5.91 Å². The summed E-state index contributed by atoms with van der Waals surface area (Å²) in [7, 11) is 0. The number of carbonyl (C=O) groups excluding carboxylic acids is 1. The molecule has 3 nitrogen and oxygen atoms in total. The van der Waals surface area contributed by atoms with Crippen LogP contribution in [0.3, 0.4) is 0 Å². The molecule has 0 saturated heterocycles. The lowest BCUT2D eigenvalue weighted by Crippen LogP contribution is -2.42. The fourth-order valence-corrected chi connectivity index (χ4v) is 3.76. The van der Waals surface area contributed by atoms with Gasteiger partial charge < -0.3 is 10.1 Å². The summed E-state index contributed by atoms with van der Waals surface area (Å²) in [6.45, 7) is 9.75. The van der Waals surface area contributed by atoms with Gasteiger partial charge in [-0.25, -0.2) is 0 Å². The summed E-state index contributed by atoms with van der Waals surface area (Å²) >= 11 is 0. The Labute approximate surface area is 140 Å². The second-order valence-electron chi connectivity index (χ2n) is 7.81. The van der Waals surface area contributed by atoms with Gasteiger partial charge in [0.2, 0.25) is 0 Å². The van der Waals surface area contributed by atoms with Crippen LogP contribution in [0, 0.1) is 11.3 Å². The number of benzene rings is 1. The lowest BCUT2D eigenvalue weighted by Gasteiger charge is -2.39. The van der Waals surface area contributed by atoms with E-state index in [1.54, 1.807) is 0 Å². The Morgan fingerprint density at radius 1 is 1.26 bits per heavy atom. The van der Waals surface area contributed by atoms with E-state index in [0.29, 0.717) is 16.9 Å². The molecular weight excluding hydrogens is 286 g/mol. The van der Waals surface area contributed by atoms with Crippen LogP contribution in [-0.4, -0.2) is 18.6 Å². The summed E-state index contributed by atoms with van der Waals surface area (Å²) in [6.07, 6.45) is 5.55. The molecule has 1 aromatic carbocycles. The fraction of sp³-hybridized carbons (Fsp3) is 0.650. The lowest BCUT2D eigenvalue weighted by atomic mass is 9.70. The van der Waals surface area contributed by atoms with E-state index in [0.717, 1.165) is 38.0 Å². The highest BCUT2D eigenvalue weighted by Crippen LogP contribution is 2.38. The number of hydrogen-bond donors (Lipinski definition) is 1. The van der Waals surface area contributed by atoms with Crippen molar-refractivity contribution in [1.29, 1.82) is 0 Å². The number of amides is 1. The first-order valence-electron chi connectivity index (χ1n) is 8.93. The van der Waals surface area contributed by atoms with Crippen LogP contribution in [0.15, 0.2) is 24.3 Å². The molecule has 1 aromatic rings. The summed E-state index contributed by atoms with van der Waals surface area (Å²) < 4.78 is 5.64. The van der Waals surface area contributed by atoms with Crippen molar-refractivity contribution in [3.8, 4) is 5.75 Å². The molecule has 2 unspecified atom stereocenters. The van der Waals surface area contributed by atoms with Crippen LogP contribution in [0.4, 0.5) is 0 Å². The van der Waals surface area contributed by atoms with Crippen molar-refractivity contribution in [3.05, 3.63) is 29.8 Å². The van der Waals surface area contributed by atoms with E-state index < -0.39 is 0 Å². The summed E-state index contributed by atoms with van der Waals surface area (Å²) in [5.41, 5.74) is 1.02. The van der Waals surface area contributed by atoms with Gasteiger partial charge >= 0.3 is 0 Å². The van der Waals surface area contributed by atoms with Crippen LogP contribution < -0.4 is 10.1 Å². The van der Waals surface area contributed by atoms with Crippen LogP contribution >= 0.6 is 0 Å². The van der Waals surface area contributed by atoms with Crippen molar-refractivity contribution in [3.63, 3.8) is 0 Å². The van der Waals surface area contributed by atoms with E-state index in [4.69, 9.17) is 4.74 Å². The van der Waals surface area contributed by atoms with E-state index >= 15 is 0 Å². The molecule has 1 saturated carbocycles. The predicted octanol–water partition coefficient (Wildman–Crippen LogP) is 4.81. The molecule has 0 aromatic heterocycles. The van der Waals surface area contributed by atoms with Gasteiger partial charge in [-0.1, -0.05) is 34.1 Å². The van der Waals surface area contributed by atoms with Crippen LogP contribution in [0.25, 0.3) is 0 Å². The summed E-state index contributed by atoms with van der Waals surface area (Å²) in [4.78, 5) is 12.5. The molecule has 23 heavy (non-hydrogen) atoms. The maximum absolute atomic E-state index is 12.5. The van der Waals surface area contributed by atoms with Gasteiger partial charge in [-0.05, 0) is 61.3 Å². The van der Waals surface area contributed by atoms with Crippen molar-refractivity contribution in [1.82, 2.24) is 5.32 Å². The Bertz CT molecular complexity index is 507. The highest BCUT2D eigenvalue weighted by atomic mass is 16.5. The number of ether oxygens (including phenoxy) is 1. The molecule has 2 atom stereocenters. The van der Waals surface area contributed by atoms with E-state index in [2.05, 4.69) is 33.0 Å². The lowest BCUT2D eigenvalue weighted by molar-refractivity contribution is 0.0874. The third kappa shape index (κ3) is 5.56. The molecule has 1 N–H and O–H groups in total. The fourth-order valence-electron chi connectivity index (χ4n) is 3.76. The zero-order chi connectivity index (χ0) is 16.9. The summed E-state index contributed by atoms with van der Waals surface area (Å²) in [6, 6.07) is 7.76. The number of unbranched alkanes of at least 4 members (excludes halogenated alkanes) is 1. The SMILES string of the molecule is CCCCOc1ccc(C(=O)NC2CC(C)CC(C)(C)C2)cc1. The first kappa shape index (κ1) is 17.8. The Kier molecular flexibility index (Phi) is 6.09. The number of carbonyl (C=O) groups is 1. The molecule has 0 heterocycles. The Morgan fingerprint density at radius 2 is 1.96 bits per heavy atom. The smallest absolute Gasteiger partial charge is 0.251 e.